The molecule has 438 valence electrons. The molecule has 0 aliphatic carbocycles. The summed E-state index contributed by atoms with van der Waals surface area (Å²) in [5, 5.41) is 84.6. The number of aliphatic hydroxyl groups is 5. The van der Waals surface area contributed by atoms with Crippen LogP contribution in [-0.2, 0) is 57.5 Å². The number of guanidine groups is 1. The molecule has 4 aliphatic heterocycles. The van der Waals surface area contributed by atoms with Crippen LogP contribution in [0.5, 0.6) is 0 Å². The molecule has 4 saturated heterocycles. The smallest absolute Gasteiger partial charge is 0.335 e. The van der Waals surface area contributed by atoms with Crippen LogP contribution < -0.4 is 38.1 Å². The highest BCUT2D eigenvalue weighted by molar-refractivity contribution is 6.00. The first kappa shape index (κ1) is 63.8. The number of carboxylic acid groups (broad SMARTS) is 2. The molecule has 30 nitrogen and oxygen atoms in total. The molecule has 4 aliphatic rings. The van der Waals surface area contributed by atoms with Gasteiger partial charge in [-0.05, 0) is 70.6 Å². The lowest BCUT2D eigenvalue weighted by Crippen LogP contribution is -2.64. The number of carbonyl (C=O) groups excluding carboxylic acids is 9. The van der Waals surface area contributed by atoms with E-state index in [0.29, 0.717) is 23.7 Å². The molecular formula is C48H77N11O19. The van der Waals surface area contributed by atoms with Crippen LogP contribution in [0.2, 0.25) is 0 Å². The number of rotatable bonds is 17. The number of nitrogens with zero attached hydrogens (tertiary/aromatic N) is 4. The van der Waals surface area contributed by atoms with Gasteiger partial charge >= 0.3 is 17.9 Å². The Bertz CT molecular complexity index is 2210. The Kier molecular flexibility index (Phi) is 24.4. The van der Waals surface area contributed by atoms with Gasteiger partial charge in [0, 0.05) is 26.2 Å². The van der Waals surface area contributed by atoms with Crippen molar-refractivity contribution < 1.29 is 93.2 Å². The number of esters is 1. The number of carboxylic acids is 2. The van der Waals surface area contributed by atoms with Crippen LogP contribution in [0.1, 0.15) is 111 Å². The zero-order valence-corrected chi connectivity index (χ0v) is 44.0. The summed E-state index contributed by atoms with van der Waals surface area (Å²) in [7, 11) is 0. The number of hydrogen-bond acceptors (Lipinski definition) is 18. The molecule has 0 spiro atoms. The lowest BCUT2D eigenvalue weighted by molar-refractivity contribution is -0.165. The number of nitrogens with two attached hydrogens (primary N) is 2. The number of amides is 8. The van der Waals surface area contributed by atoms with Gasteiger partial charge in [-0.1, -0.05) is 39.5 Å². The number of hydrogen-bond donors (Lipinski definition) is 14. The summed E-state index contributed by atoms with van der Waals surface area (Å²) >= 11 is 0. The maximum absolute atomic E-state index is 14.4. The fraction of sp³-hybridized carbons (Fsp3) is 0.750. The van der Waals surface area contributed by atoms with Crippen molar-refractivity contribution in [1.29, 1.82) is 0 Å². The predicted molar refractivity (Wildman–Crippen MR) is 268 cm³/mol. The van der Waals surface area contributed by atoms with Gasteiger partial charge in [0.05, 0.1) is 25.2 Å². The Hall–Kier alpha value is -6.76. The van der Waals surface area contributed by atoms with Crippen molar-refractivity contribution in [2.45, 2.75) is 190 Å². The van der Waals surface area contributed by atoms with Gasteiger partial charge in [0.15, 0.2) is 24.2 Å². The van der Waals surface area contributed by atoms with Gasteiger partial charge in [0.25, 0.3) is 0 Å². The van der Waals surface area contributed by atoms with Crippen LogP contribution in [0.25, 0.3) is 0 Å². The van der Waals surface area contributed by atoms with Gasteiger partial charge in [-0.2, -0.15) is 0 Å². The monoisotopic (exact) mass is 1110 g/mol. The molecule has 0 unspecified atom stereocenters. The molecule has 4 heterocycles. The van der Waals surface area contributed by atoms with E-state index in [1.54, 1.807) is 0 Å². The number of carbonyl (C=O) groups is 11. The van der Waals surface area contributed by atoms with Crippen molar-refractivity contribution >= 4 is 71.1 Å². The largest absolute Gasteiger partial charge is 0.479 e. The first-order valence-electron chi connectivity index (χ1n) is 26.3. The molecular weight excluding hydrogens is 1030 g/mol. The number of ether oxygens (including phenoxy) is 1. The van der Waals surface area contributed by atoms with Gasteiger partial charge in [0.1, 0.15) is 48.4 Å². The zero-order chi connectivity index (χ0) is 58.1. The summed E-state index contributed by atoms with van der Waals surface area (Å²) in [4.78, 5) is 158. The van der Waals surface area contributed by atoms with E-state index in [0.717, 1.165) is 24.2 Å². The molecule has 0 saturated carbocycles. The molecule has 13 atom stereocenters. The average molecular weight is 1110 g/mol. The summed E-state index contributed by atoms with van der Waals surface area (Å²) in [6.07, 6.45) is -7.62. The number of unbranched alkanes of at least 4 members (excludes halogenated alkanes) is 3. The van der Waals surface area contributed by atoms with E-state index in [9.17, 15) is 88.5 Å². The van der Waals surface area contributed by atoms with Crippen molar-refractivity contribution in [3.05, 3.63) is 0 Å². The van der Waals surface area contributed by atoms with Gasteiger partial charge in [-0.25, -0.2) is 14.4 Å². The van der Waals surface area contributed by atoms with Gasteiger partial charge < -0.3 is 93.2 Å². The molecule has 8 amide bonds. The van der Waals surface area contributed by atoms with E-state index in [4.69, 9.17) is 16.2 Å². The third-order valence-electron chi connectivity index (χ3n) is 14.0. The minimum atomic E-state index is -2.76. The number of aliphatic imine (C=N–C) groups is 1. The van der Waals surface area contributed by atoms with Crippen molar-refractivity contribution in [1.82, 2.24) is 41.3 Å². The summed E-state index contributed by atoms with van der Waals surface area (Å²) in [6, 6.07) is -14.9. The Morgan fingerprint density at radius 1 is 0.641 bits per heavy atom. The number of nitrogens with one attached hydrogen (secondary N) is 5. The number of aliphatic carboxylic acids is 2. The van der Waals surface area contributed by atoms with Gasteiger partial charge in [-0.15, -0.1) is 0 Å². The standard InChI is InChI=1S/C48H77N11O19/c1-23(2)11-6-4-5-7-12-25-21-31(63)54-32(24(3)61)44(72)58-19-10-15-29(58)43(71)57-18-9-14-28(57)39(67)52-26(13-8-17-51-48(49)50)38(66)55-33(36(64)45(73)74)40(68)53-27(22-60)42(70)59-20-16-30(62)35(59)41(69)56-34(47(77)78-25)37(65)46(75)76/h23-30,32-37,60-62,64-65H,4-22H2,1-3H3,(H,52,67)(H,53,68)(H,54,63)(H,55,66)(H,56,69)(H,73,74)(H,75,76)(H4,49,50,51)/t24-,25-,26-,27+,28-,29+,30-,32-,33-,34-,35+,36+,37+/m0/s1. The second-order valence-electron chi connectivity index (χ2n) is 20.4. The van der Waals surface area contributed by atoms with Crippen LogP contribution in [0.3, 0.4) is 0 Å². The molecule has 30 heteroatoms. The first-order valence-corrected chi connectivity index (χ1v) is 26.3. The Balaban J connectivity index is 1.80. The molecule has 4 fully saturated rings. The van der Waals surface area contributed by atoms with Crippen LogP contribution in [0.4, 0.5) is 0 Å². The third kappa shape index (κ3) is 17.4. The molecule has 0 aromatic heterocycles. The van der Waals surface area contributed by atoms with Crippen molar-refractivity contribution in [2.75, 3.05) is 32.8 Å². The van der Waals surface area contributed by atoms with E-state index in [2.05, 4.69) is 34.8 Å². The minimum Gasteiger partial charge on any atom is -0.479 e. The predicted octanol–water partition coefficient (Wildman–Crippen LogP) is -6.02. The molecule has 0 aromatic carbocycles. The maximum Gasteiger partial charge on any atom is 0.335 e. The second-order valence-corrected chi connectivity index (χ2v) is 20.4. The third-order valence-corrected chi connectivity index (χ3v) is 14.0. The molecule has 16 N–H and O–H groups in total. The fourth-order valence-electron chi connectivity index (χ4n) is 9.87. The van der Waals surface area contributed by atoms with Crippen molar-refractivity contribution in [3.8, 4) is 0 Å². The maximum atomic E-state index is 14.4. The number of cyclic esters (lactones) is 1. The zero-order valence-electron chi connectivity index (χ0n) is 44.0. The molecule has 0 radical (unpaired) electrons. The van der Waals surface area contributed by atoms with Crippen LogP contribution in [0, 0.1) is 5.92 Å². The summed E-state index contributed by atoms with van der Waals surface area (Å²) in [6.45, 7) is 3.40. The van der Waals surface area contributed by atoms with Crippen LogP contribution in [-0.4, -0.2) is 233 Å². The van der Waals surface area contributed by atoms with Crippen molar-refractivity contribution in [3.63, 3.8) is 0 Å². The Labute approximate surface area is 449 Å². The SMILES string of the molecule is CC(C)CCCCCC[C@H]1CC(=O)N[C@@H]([C@H](C)O)C(=O)N2CCC[C@@H]2C(=O)N2CCC[C@H]2C(=O)N[C@@H](CCCN=C(N)N)C(=O)N[C@@H]([C@@H](O)C(=O)O)C(=O)N[C@H](CO)C(=O)N2CC[C@H](O)[C@@H]2C(=O)N[C@@H]([C@@H](O)C(=O)O)C(=O)O1. The number of aliphatic hydroxyl groups excluding tert-OH is 5. The first-order chi connectivity index (χ1) is 36.8. The van der Waals surface area contributed by atoms with Crippen LogP contribution in [0.15, 0.2) is 4.99 Å². The normalized spacial score (nSPS) is 28.8. The van der Waals surface area contributed by atoms with E-state index >= 15 is 0 Å². The summed E-state index contributed by atoms with van der Waals surface area (Å²) in [5.74, 6) is -14.7. The summed E-state index contributed by atoms with van der Waals surface area (Å²) < 4.78 is 5.62. The van der Waals surface area contributed by atoms with E-state index in [-0.39, 0.29) is 77.0 Å². The van der Waals surface area contributed by atoms with E-state index in [1.807, 2.05) is 10.6 Å². The van der Waals surface area contributed by atoms with Gasteiger partial charge in [0.2, 0.25) is 47.3 Å². The highest BCUT2D eigenvalue weighted by Crippen LogP contribution is 2.27. The highest BCUT2D eigenvalue weighted by Gasteiger charge is 2.48. The molecule has 4 rings (SSSR count). The minimum absolute atomic E-state index is 0.00810. The lowest BCUT2D eigenvalue weighted by Gasteiger charge is -2.34. The quantitative estimate of drug-likeness (QED) is 0.0279. The molecule has 0 bridgehead atoms. The average Bonchev–Trinajstić information content (AvgIpc) is 4.18. The topological polar surface area (TPSA) is 473 Å². The number of fused-ring (bicyclic) bond motifs is 3. The summed E-state index contributed by atoms with van der Waals surface area (Å²) in [5.41, 5.74) is 10.9. The van der Waals surface area contributed by atoms with Crippen LogP contribution >= 0.6 is 0 Å². The fourth-order valence-corrected chi connectivity index (χ4v) is 9.87. The highest BCUT2D eigenvalue weighted by atomic mass is 16.5. The molecule has 0 aromatic rings. The van der Waals surface area contributed by atoms with Gasteiger partial charge in [-0.3, -0.25) is 43.3 Å². The van der Waals surface area contributed by atoms with E-state index < -0.39 is 164 Å². The second kappa shape index (κ2) is 29.8. The Morgan fingerprint density at radius 3 is 1.83 bits per heavy atom. The molecule has 78 heavy (non-hydrogen) atoms. The van der Waals surface area contributed by atoms with Crippen molar-refractivity contribution in [2.24, 2.45) is 22.4 Å². The van der Waals surface area contributed by atoms with E-state index in [1.165, 1.54) is 11.8 Å². The lowest BCUT2D eigenvalue weighted by atomic mass is 10.0. The Morgan fingerprint density at radius 2 is 1.23 bits per heavy atom.